The summed E-state index contributed by atoms with van der Waals surface area (Å²) in [7, 11) is 1.99. The third-order valence-corrected chi connectivity index (χ3v) is 4.08. The van der Waals surface area contributed by atoms with Crippen molar-refractivity contribution in [3.63, 3.8) is 0 Å². The molecule has 0 saturated carbocycles. The molecule has 2 aromatic rings. The molecule has 0 fully saturated rings. The van der Waals surface area contributed by atoms with Gasteiger partial charge in [0, 0.05) is 31.2 Å². The summed E-state index contributed by atoms with van der Waals surface area (Å²) in [5.74, 6) is 0.423. The fraction of sp³-hybridized carbons (Fsp3) is 0.143. The molecule has 0 atom stereocenters. The van der Waals surface area contributed by atoms with Crippen LogP contribution in [0.5, 0.6) is 0 Å². The summed E-state index contributed by atoms with van der Waals surface area (Å²) >= 11 is 5.76. The minimum absolute atomic E-state index is 0.291. The number of alkyl halides is 1. The molecule has 0 spiro atoms. The Morgan fingerprint density at radius 2 is 1.77 bits per heavy atom. The number of anilines is 1. The van der Waals surface area contributed by atoms with E-state index in [1.54, 1.807) is 12.2 Å². The number of carbonyl (C=O) groups excluding carboxylic acids is 1. The smallest absolute Gasteiger partial charge is 0.363 e. The fourth-order valence-electron chi connectivity index (χ4n) is 2.47. The largest absolute Gasteiger partial charge is 0.403 e. The summed E-state index contributed by atoms with van der Waals surface area (Å²) in [5, 5.41) is 0. The highest BCUT2D eigenvalue weighted by Crippen LogP contribution is 2.19. The zero-order valence-electron chi connectivity index (χ0n) is 14.4. The Morgan fingerprint density at radius 3 is 2.46 bits per heavy atom. The van der Waals surface area contributed by atoms with Crippen LogP contribution in [0.1, 0.15) is 11.1 Å². The Morgan fingerprint density at radius 1 is 1.04 bits per heavy atom. The van der Waals surface area contributed by atoms with Crippen LogP contribution in [0.3, 0.4) is 0 Å². The third-order valence-electron chi connectivity index (χ3n) is 3.91. The van der Waals surface area contributed by atoms with E-state index in [2.05, 4.69) is 9.89 Å². The van der Waals surface area contributed by atoms with Crippen molar-refractivity contribution in [1.29, 1.82) is 0 Å². The molecule has 0 radical (unpaired) electrons. The number of halogens is 1. The van der Waals surface area contributed by atoms with Crippen molar-refractivity contribution in [3.8, 4) is 0 Å². The first-order valence-corrected chi connectivity index (χ1v) is 8.82. The number of nitrogens with zero attached hydrogens (tertiary/aromatic N) is 2. The van der Waals surface area contributed by atoms with E-state index in [1.807, 2.05) is 67.7 Å². The fourth-order valence-corrected chi connectivity index (χ4v) is 2.72. The van der Waals surface area contributed by atoms with E-state index in [9.17, 15) is 4.79 Å². The number of rotatable bonds is 6. The maximum Gasteiger partial charge on any atom is 0.363 e. The van der Waals surface area contributed by atoms with Gasteiger partial charge in [-0.1, -0.05) is 42.5 Å². The first kappa shape index (κ1) is 18.0. The molecule has 26 heavy (non-hydrogen) atoms. The van der Waals surface area contributed by atoms with Gasteiger partial charge in [-0.25, -0.2) is 9.79 Å². The van der Waals surface area contributed by atoms with E-state index < -0.39 is 5.97 Å². The van der Waals surface area contributed by atoms with Crippen LogP contribution in [-0.2, 0) is 9.53 Å². The standard InChI is InChI=1S/C21H19ClN2O2/c1-24(14-13-22)18-10-7-17(8-11-18)15-19-21(25)26-20(23-19)12-9-16-5-3-2-4-6-16/h2-12,15H,13-14H2,1H3. The van der Waals surface area contributed by atoms with Gasteiger partial charge in [-0.2, -0.15) is 0 Å². The maximum atomic E-state index is 12.0. The second kappa shape index (κ2) is 8.50. The second-order valence-corrected chi connectivity index (χ2v) is 6.19. The molecular formula is C21H19ClN2O2. The van der Waals surface area contributed by atoms with Crippen LogP contribution < -0.4 is 4.90 Å². The van der Waals surface area contributed by atoms with E-state index >= 15 is 0 Å². The molecule has 4 nitrogen and oxygen atoms in total. The van der Waals surface area contributed by atoms with Crippen molar-refractivity contribution in [1.82, 2.24) is 0 Å². The molecule has 2 aromatic carbocycles. The molecule has 0 amide bonds. The van der Waals surface area contributed by atoms with Crippen LogP contribution in [0.15, 0.2) is 71.4 Å². The molecule has 0 bridgehead atoms. The van der Waals surface area contributed by atoms with E-state index in [4.69, 9.17) is 16.3 Å². The van der Waals surface area contributed by atoms with E-state index in [-0.39, 0.29) is 0 Å². The van der Waals surface area contributed by atoms with Crippen LogP contribution in [0, 0.1) is 0 Å². The highest BCUT2D eigenvalue weighted by atomic mass is 35.5. The van der Waals surface area contributed by atoms with Crippen LogP contribution in [0.4, 0.5) is 5.69 Å². The van der Waals surface area contributed by atoms with Gasteiger partial charge < -0.3 is 9.64 Å². The summed E-state index contributed by atoms with van der Waals surface area (Å²) in [4.78, 5) is 18.3. The number of cyclic esters (lactones) is 1. The molecule has 1 aliphatic rings. The lowest BCUT2D eigenvalue weighted by molar-refractivity contribution is -0.129. The maximum absolute atomic E-state index is 12.0. The summed E-state index contributed by atoms with van der Waals surface area (Å²) in [6.07, 6.45) is 5.27. The lowest BCUT2D eigenvalue weighted by Crippen LogP contribution is -2.19. The van der Waals surface area contributed by atoms with Crippen molar-refractivity contribution in [3.05, 3.63) is 77.5 Å². The lowest BCUT2D eigenvalue weighted by Gasteiger charge is -2.17. The topological polar surface area (TPSA) is 41.9 Å². The van der Waals surface area contributed by atoms with Gasteiger partial charge >= 0.3 is 5.97 Å². The first-order valence-electron chi connectivity index (χ1n) is 8.28. The Hall–Kier alpha value is -2.85. The molecule has 1 aliphatic heterocycles. The number of aliphatic imine (C=N–C) groups is 1. The Labute approximate surface area is 158 Å². The van der Waals surface area contributed by atoms with E-state index in [0.29, 0.717) is 17.5 Å². The first-order chi connectivity index (χ1) is 12.7. The average molecular weight is 367 g/mol. The van der Waals surface area contributed by atoms with Gasteiger partial charge in [-0.15, -0.1) is 11.6 Å². The van der Waals surface area contributed by atoms with Crippen LogP contribution in [-0.4, -0.2) is 31.3 Å². The van der Waals surface area contributed by atoms with Crippen molar-refractivity contribution < 1.29 is 9.53 Å². The highest BCUT2D eigenvalue weighted by Gasteiger charge is 2.21. The lowest BCUT2D eigenvalue weighted by atomic mass is 10.1. The predicted octanol–water partition coefficient (Wildman–Crippen LogP) is 4.37. The second-order valence-electron chi connectivity index (χ2n) is 5.82. The van der Waals surface area contributed by atoms with Gasteiger partial charge in [0.25, 0.3) is 0 Å². The number of carbonyl (C=O) groups is 1. The van der Waals surface area contributed by atoms with Crippen LogP contribution in [0.2, 0.25) is 0 Å². The molecular weight excluding hydrogens is 348 g/mol. The molecule has 132 valence electrons. The van der Waals surface area contributed by atoms with Gasteiger partial charge in [0.05, 0.1) is 0 Å². The Kier molecular flexibility index (Phi) is 5.87. The third kappa shape index (κ3) is 4.61. The molecule has 0 saturated heterocycles. The van der Waals surface area contributed by atoms with Gasteiger partial charge in [0.15, 0.2) is 5.70 Å². The van der Waals surface area contributed by atoms with E-state index in [0.717, 1.165) is 23.4 Å². The van der Waals surface area contributed by atoms with Crippen molar-refractivity contribution >= 4 is 41.3 Å². The van der Waals surface area contributed by atoms with Gasteiger partial charge in [-0.05, 0) is 35.4 Å². The van der Waals surface area contributed by atoms with Crippen LogP contribution >= 0.6 is 11.6 Å². The summed E-state index contributed by atoms with van der Waals surface area (Å²) in [6, 6.07) is 17.6. The number of esters is 1. The minimum Gasteiger partial charge on any atom is -0.403 e. The van der Waals surface area contributed by atoms with Gasteiger partial charge in [0.1, 0.15) is 0 Å². The minimum atomic E-state index is -0.443. The SMILES string of the molecule is CN(CCCl)c1ccc(C=C2N=C(C=Cc3ccccc3)OC2=O)cc1. The molecule has 0 N–H and O–H groups in total. The summed E-state index contributed by atoms with van der Waals surface area (Å²) in [5.41, 5.74) is 3.26. The quantitative estimate of drug-likeness (QED) is 0.433. The van der Waals surface area contributed by atoms with Crippen molar-refractivity contribution in [2.75, 3.05) is 24.4 Å². The Bertz CT molecular complexity index is 855. The summed E-state index contributed by atoms with van der Waals surface area (Å²) in [6.45, 7) is 0.774. The van der Waals surface area contributed by atoms with Gasteiger partial charge in [-0.3, -0.25) is 0 Å². The zero-order valence-corrected chi connectivity index (χ0v) is 15.2. The highest BCUT2D eigenvalue weighted by molar-refractivity contribution is 6.18. The zero-order chi connectivity index (χ0) is 18.4. The van der Waals surface area contributed by atoms with Gasteiger partial charge in [0.2, 0.25) is 5.90 Å². The number of hydrogen-bond donors (Lipinski definition) is 0. The molecule has 0 unspecified atom stereocenters. The Balaban J connectivity index is 1.73. The average Bonchev–Trinajstić information content (AvgIpc) is 3.01. The van der Waals surface area contributed by atoms with Crippen molar-refractivity contribution in [2.24, 2.45) is 4.99 Å². The predicted molar refractivity (Wildman–Crippen MR) is 107 cm³/mol. The summed E-state index contributed by atoms with van der Waals surface area (Å²) < 4.78 is 5.19. The monoisotopic (exact) mass is 366 g/mol. The molecule has 1 heterocycles. The molecule has 0 aliphatic carbocycles. The number of ether oxygens (including phenoxy) is 1. The number of hydrogen-bond acceptors (Lipinski definition) is 4. The molecule has 5 heteroatoms. The number of benzene rings is 2. The normalized spacial score (nSPS) is 15.4. The molecule has 0 aromatic heterocycles. The van der Waals surface area contributed by atoms with Crippen LogP contribution in [0.25, 0.3) is 12.2 Å². The molecule has 3 rings (SSSR count). The van der Waals surface area contributed by atoms with Crippen molar-refractivity contribution in [2.45, 2.75) is 0 Å². The van der Waals surface area contributed by atoms with E-state index in [1.165, 1.54) is 0 Å².